The molecular formula is C48H61BrClF2N7O8S. The van der Waals surface area contributed by atoms with Crippen LogP contribution < -0.4 is 16.0 Å². The lowest BCUT2D eigenvalue weighted by Crippen LogP contribution is -2.57. The molecule has 0 unspecified atom stereocenters. The smallest absolute Gasteiger partial charge is 0.419 e. The molecule has 68 heavy (non-hydrogen) atoms. The van der Waals surface area contributed by atoms with Gasteiger partial charge in [-0.2, -0.15) is 0 Å². The second-order valence-electron chi connectivity index (χ2n) is 18.5. The number of amides is 4. The zero-order chi connectivity index (χ0) is 49.9. The van der Waals surface area contributed by atoms with E-state index in [4.69, 9.17) is 21.1 Å². The fourth-order valence-electron chi connectivity index (χ4n) is 7.56. The molecular weight excluding hydrogens is 988 g/mol. The Morgan fingerprint density at radius 2 is 1.66 bits per heavy atom. The lowest BCUT2D eigenvalue weighted by Gasteiger charge is -2.32. The normalized spacial score (nSPS) is 17.8. The Kier molecular flexibility index (Phi) is 19.2. The predicted octanol–water partition coefficient (Wildman–Crippen LogP) is 8.47. The van der Waals surface area contributed by atoms with Crippen LogP contribution in [0.25, 0.3) is 10.9 Å². The number of halogens is 4. The highest BCUT2D eigenvalue weighted by Gasteiger charge is 2.35. The zero-order valence-electron chi connectivity index (χ0n) is 39.4. The number of carbonyl (C=O) groups is 5. The third kappa shape index (κ3) is 15.1. The third-order valence-corrected chi connectivity index (χ3v) is 13.3. The summed E-state index contributed by atoms with van der Waals surface area (Å²) in [7, 11) is 1.46. The van der Waals surface area contributed by atoms with E-state index in [1.165, 1.54) is 28.3 Å². The van der Waals surface area contributed by atoms with Crippen molar-refractivity contribution < 1.29 is 47.3 Å². The van der Waals surface area contributed by atoms with Crippen molar-refractivity contribution >= 4 is 80.1 Å². The van der Waals surface area contributed by atoms with E-state index in [1.807, 2.05) is 6.07 Å². The number of likely N-dealkylation sites (N-methyl/N-ethyl adjacent to an activating group) is 1. The molecule has 15 nitrogen and oxygen atoms in total. The quantitative estimate of drug-likeness (QED) is 0.0999. The van der Waals surface area contributed by atoms with Crippen molar-refractivity contribution in [1.29, 1.82) is 0 Å². The van der Waals surface area contributed by atoms with Crippen molar-refractivity contribution in [2.45, 2.75) is 139 Å². The number of carbonyl (C=O) groups excluding carboxylic acids is 5. The first kappa shape index (κ1) is 54.1. The predicted molar refractivity (Wildman–Crippen MR) is 260 cm³/mol. The lowest BCUT2D eigenvalue weighted by atomic mass is 10.0. The van der Waals surface area contributed by atoms with Crippen LogP contribution in [0.2, 0.25) is 5.02 Å². The number of aromatic nitrogens is 2. The largest absolute Gasteiger partial charge is 0.444 e. The van der Waals surface area contributed by atoms with Gasteiger partial charge in [0.2, 0.25) is 17.7 Å². The number of para-hydroxylation sites is 1. The van der Waals surface area contributed by atoms with Crippen LogP contribution in [0.15, 0.2) is 75.3 Å². The van der Waals surface area contributed by atoms with E-state index in [0.29, 0.717) is 41.4 Å². The van der Waals surface area contributed by atoms with Gasteiger partial charge in [-0.15, -0.1) is 0 Å². The van der Waals surface area contributed by atoms with Crippen molar-refractivity contribution in [2.24, 2.45) is 0 Å². The van der Waals surface area contributed by atoms with Gasteiger partial charge in [0.05, 0.1) is 23.1 Å². The number of aliphatic hydroxyl groups is 1. The molecule has 3 atom stereocenters. The molecule has 0 fully saturated rings. The minimum Gasteiger partial charge on any atom is -0.444 e. The standard InChI is InChI=1S/C48H61BrClF2N7O8S/c1-47(2,3)66-45(64)58(28-39(51)52)22-11-10-16-36-44(63)57(7)38(24-30-27-59(46(65)67-48(4,5)6)37-18-9-8-15-31(30)37)42(62)55-26-32-33(49)19-20-34(50)40(32)68-43-29(14-12-21-53-43)25-54-35(17-13-23-60)41(61)56-36/h8-9,12,14-15,18-21,27,35-36,38-39,54,60H,10-11,13,16-17,22-26,28H2,1-7H3,(H,55,62)(H,56,61)/t35-,36-,38-/m0/s1. The van der Waals surface area contributed by atoms with Crippen LogP contribution in [-0.4, -0.2) is 117 Å². The number of pyridine rings is 1. The van der Waals surface area contributed by atoms with Crippen molar-refractivity contribution in [3.8, 4) is 0 Å². The van der Waals surface area contributed by atoms with Crippen LogP contribution >= 0.6 is 39.3 Å². The van der Waals surface area contributed by atoms with E-state index < -0.39 is 72.2 Å². The summed E-state index contributed by atoms with van der Waals surface area (Å²) >= 11 is 11.8. The van der Waals surface area contributed by atoms with Crippen LogP contribution in [-0.2, 0) is 43.4 Å². The number of aliphatic hydroxyl groups excluding tert-OH is 1. The minimum atomic E-state index is -2.83. The highest BCUT2D eigenvalue weighted by atomic mass is 79.9. The van der Waals surface area contributed by atoms with E-state index in [0.717, 1.165) is 10.5 Å². The van der Waals surface area contributed by atoms with E-state index in [9.17, 15) is 33.1 Å². The van der Waals surface area contributed by atoms with Crippen LogP contribution in [0.4, 0.5) is 18.4 Å². The van der Waals surface area contributed by atoms with Crippen LogP contribution in [0.1, 0.15) is 90.3 Å². The molecule has 0 saturated carbocycles. The van der Waals surface area contributed by atoms with Crippen LogP contribution in [0, 0.1) is 0 Å². The summed E-state index contributed by atoms with van der Waals surface area (Å²) in [5.74, 6) is -1.75. The average molecular weight is 1050 g/mol. The van der Waals surface area contributed by atoms with Gasteiger partial charge in [-0.05, 0) is 109 Å². The van der Waals surface area contributed by atoms with E-state index in [2.05, 4.69) is 36.9 Å². The summed E-state index contributed by atoms with van der Waals surface area (Å²) < 4.78 is 40.4. The maximum atomic E-state index is 15.0. The summed E-state index contributed by atoms with van der Waals surface area (Å²) in [5.41, 5.74) is 0.694. The average Bonchev–Trinajstić information content (AvgIpc) is 3.63. The molecule has 1 aliphatic rings. The third-order valence-electron chi connectivity index (χ3n) is 10.9. The molecule has 4 amide bonds. The summed E-state index contributed by atoms with van der Waals surface area (Å²) in [5, 5.41) is 20.7. The second-order valence-corrected chi connectivity index (χ2v) is 20.7. The van der Waals surface area contributed by atoms with Crippen molar-refractivity contribution in [1.82, 2.24) is 35.3 Å². The first-order valence-corrected chi connectivity index (χ1v) is 24.4. The molecule has 0 saturated heterocycles. The number of ether oxygens (including phenoxy) is 2. The van der Waals surface area contributed by atoms with Crippen molar-refractivity contribution in [3.63, 3.8) is 0 Å². The Bertz CT molecular complexity index is 2430. The first-order valence-electron chi connectivity index (χ1n) is 22.4. The number of benzene rings is 2. The fraction of sp³-hybridized carbons (Fsp3) is 0.500. The van der Waals surface area contributed by atoms with Gasteiger partial charge < -0.3 is 40.3 Å². The highest BCUT2D eigenvalue weighted by molar-refractivity contribution is 9.10. The van der Waals surface area contributed by atoms with Gasteiger partial charge in [0, 0.05) is 72.4 Å². The van der Waals surface area contributed by atoms with Gasteiger partial charge in [-0.25, -0.2) is 23.4 Å². The summed E-state index contributed by atoms with van der Waals surface area (Å²) in [6.45, 7) is 9.09. The number of nitrogens with one attached hydrogen (secondary N) is 3. The molecule has 4 N–H and O–H groups in total. The molecule has 4 aromatic rings. The van der Waals surface area contributed by atoms with Crippen LogP contribution in [0.3, 0.4) is 0 Å². The SMILES string of the molecule is CN1C(=O)[C@H](CCCCN(CC(F)F)C(=O)OC(C)(C)C)NC(=O)[C@H](CCCO)NCc2cccnc2Sc2c(Cl)ccc(Br)c2CNC(=O)[C@@H]1Cc1cn(C(=O)OC(C)(C)C)c2ccccc12. The number of hydrogen-bond donors (Lipinski definition) is 4. The Morgan fingerprint density at radius 1 is 0.956 bits per heavy atom. The molecule has 2 aromatic heterocycles. The maximum absolute atomic E-state index is 15.0. The van der Waals surface area contributed by atoms with E-state index in [-0.39, 0.29) is 64.8 Å². The van der Waals surface area contributed by atoms with Crippen molar-refractivity contribution in [3.05, 3.63) is 87.1 Å². The van der Waals surface area contributed by atoms with Gasteiger partial charge in [0.25, 0.3) is 6.43 Å². The van der Waals surface area contributed by atoms with Gasteiger partial charge >= 0.3 is 12.2 Å². The fourth-order valence-corrected chi connectivity index (χ4v) is 9.51. The Hall–Kier alpha value is -4.82. The monoisotopic (exact) mass is 1050 g/mol. The molecule has 370 valence electrons. The number of alkyl halides is 2. The topological polar surface area (TPSA) is 184 Å². The van der Waals surface area contributed by atoms with Gasteiger partial charge in [0.1, 0.15) is 28.3 Å². The number of fused-ring (bicyclic) bond motifs is 3. The molecule has 0 aliphatic carbocycles. The molecule has 1 aliphatic heterocycles. The van der Waals surface area contributed by atoms with Gasteiger partial charge in [-0.1, -0.05) is 63.6 Å². The Labute approximate surface area is 413 Å². The second kappa shape index (κ2) is 24.1. The number of rotatable bonds is 12. The number of hydrogen-bond acceptors (Lipinski definition) is 11. The first-order chi connectivity index (χ1) is 32.1. The van der Waals surface area contributed by atoms with Crippen LogP contribution in [0.5, 0.6) is 0 Å². The van der Waals surface area contributed by atoms with Gasteiger partial charge in [0.15, 0.2) is 0 Å². The summed E-state index contributed by atoms with van der Waals surface area (Å²) in [4.78, 5) is 78.1. The summed E-state index contributed by atoms with van der Waals surface area (Å²) in [6, 6.07) is 10.8. The number of unbranched alkanes of at least 4 members (excludes halogenated alkanes) is 1. The molecule has 5 rings (SSSR count). The van der Waals surface area contributed by atoms with Gasteiger partial charge in [-0.3, -0.25) is 19.0 Å². The molecule has 0 bridgehead atoms. The minimum absolute atomic E-state index is 0.00697. The highest BCUT2D eigenvalue weighted by Crippen LogP contribution is 2.40. The Balaban J connectivity index is 1.58. The lowest BCUT2D eigenvalue weighted by molar-refractivity contribution is -0.142. The molecule has 20 heteroatoms. The maximum Gasteiger partial charge on any atom is 0.419 e. The molecule has 3 heterocycles. The zero-order valence-corrected chi connectivity index (χ0v) is 42.5. The van der Waals surface area contributed by atoms with Crippen molar-refractivity contribution in [2.75, 3.05) is 26.7 Å². The summed E-state index contributed by atoms with van der Waals surface area (Å²) in [6.07, 6.45) is -0.458. The molecule has 2 aromatic carbocycles. The number of nitrogens with zero attached hydrogens (tertiary/aromatic N) is 4. The molecule has 0 spiro atoms. The molecule has 0 radical (unpaired) electrons. The van der Waals surface area contributed by atoms with E-state index >= 15 is 4.79 Å². The Morgan fingerprint density at radius 3 is 2.35 bits per heavy atom. The van der Waals surface area contributed by atoms with E-state index in [1.54, 1.807) is 96.4 Å².